The third kappa shape index (κ3) is 4.30. The first-order valence-corrected chi connectivity index (χ1v) is 8.26. The van der Waals surface area contributed by atoms with E-state index < -0.39 is 0 Å². The second-order valence-corrected chi connectivity index (χ2v) is 5.95. The molecule has 1 aliphatic rings. The molecule has 1 aromatic heterocycles. The number of nitrogens with one attached hydrogen (secondary N) is 1. The average Bonchev–Trinajstić information content (AvgIpc) is 2.62. The molecule has 0 atom stereocenters. The number of aryl methyl sites for hydroxylation is 2. The van der Waals surface area contributed by atoms with Crippen LogP contribution in [0.25, 0.3) is 0 Å². The summed E-state index contributed by atoms with van der Waals surface area (Å²) in [4.78, 5) is 4.53. The van der Waals surface area contributed by atoms with E-state index in [1.54, 1.807) is 12.1 Å². The highest BCUT2D eigenvalue weighted by Gasteiger charge is 2.15. The van der Waals surface area contributed by atoms with Crippen molar-refractivity contribution in [1.29, 1.82) is 5.26 Å². The average molecular weight is 325 g/mol. The Kier molecular flexibility index (Phi) is 5.39. The molecule has 3 rings (SSSR count). The maximum atomic E-state index is 13.9. The van der Waals surface area contributed by atoms with E-state index in [9.17, 15) is 4.39 Å². The molecule has 1 aromatic carbocycles. The van der Waals surface area contributed by atoms with E-state index in [0.29, 0.717) is 29.8 Å². The summed E-state index contributed by atoms with van der Waals surface area (Å²) in [7, 11) is 0. The van der Waals surface area contributed by atoms with Gasteiger partial charge in [-0.15, -0.1) is 0 Å². The van der Waals surface area contributed by atoms with Crippen molar-refractivity contribution in [2.24, 2.45) is 0 Å². The van der Waals surface area contributed by atoms with Gasteiger partial charge in [-0.2, -0.15) is 5.26 Å². The first-order chi connectivity index (χ1) is 11.7. The van der Waals surface area contributed by atoms with Crippen LogP contribution >= 0.6 is 0 Å². The van der Waals surface area contributed by atoms with Crippen LogP contribution in [0.2, 0.25) is 0 Å². The molecule has 0 saturated carbocycles. The molecule has 1 aliphatic heterocycles. The molecule has 0 spiro atoms. The van der Waals surface area contributed by atoms with Crippen molar-refractivity contribution >= 4 is 0 Å². The summed E-state index contributed by atoms with van der Waals surface area (Å²) in [5.41, 5.74) is 1.82. The number of benzene rings is 1. The topological polar surface area (TPSA) is 57.9 Å². The summed E-state index contributed by atoms with van der Waals surface area (Å²) >= 11 is 0. The Morgan fingerprint density at radius 2 is 2.04 bits per heavy atom. The fraction of sp³-hybridized carbons (Fsp3) is 0.368. The van der Waals surface area contributed by atoms with Gasteiger partial charge in [0, 0.05) is 11.8 Å². The van der Waals surface area contributed by atoms with Crippen molar-refractivity contribution in [3.63, 3.8) is 0 Å². The van der Waals surface area contributed by atoms with Gasteiger partial charge >= 0.3 is 0 Å². The quantitative estimate of drug-likeness (QED) is 0.918. The molecule has 0 radical (unpaired) electrons. The standard InChI is InChI=1S/C19H20FN3O/c20-18-12-14(13-21)4-5-15(18)6-7-16-2-1-3-19(23-16)24-17-8-10-22-11-9-17/h1-5,12,17,22H,6-11H2. The lowest BCUT2D eigenvalue weighted by Crippen LogP contribution is -2.34. The molecular weight excluding hydrogens is 305 g/mol. The van der Waals surface area contributed by atoms with Gasteiger partial charge in [0.05, 0.1) is 11.6 Å². The smallest absolute Gasteiger partial charge is 0.213 e. The van der Waals surface area contributed by atoms with Crippen molar-refractivity contribution in [2.75, 3.05) is 13.1 Å². The van der Waals surface area contributed by atoms with Gasteiger partial charge < -0.3 is 10.1 Å². The van der Waals surface area contributed by atoms with Crippen molar-refractivity contribution in [3.8, 4) is 11.9 Å². The zero-order chi connectivity index (χ0) is 16.8. The Bertz CT molecular complexity index is 736. The third-order valence-electron chi connectivity index (χ3n) is 4.19. The molecule has 5 heteroatoms. The fourth-order valence-corrected chi connectivity index (χ4v) is 2.83. The summed E-state index contributed by atoms with van der Waals surface area (Å²) in [6.45, 7) is 1.95. The van der Waals surface area contributed by atoms with E-state index in [1.165, 1.54) is 6.07 Å². The fourth-order valence-electron chi connectivity index (χ4n) is 2.83. The number of hydrogen-bond acceptors (Lipinski definition) is 4. The maximum Gasteiger partial charge on any atom is 0.213 e. The Hall–Kier alpha value is -2.45. The van der Waals surface area contributed by atoms with E-state index in [1.807, 2.05) is 24.3 Å². The van der Waals surface area contributed by atoms with Crippen LogP contribution in [0.15, 0.2) is 36.4 Å². The SMILES string of the molecule is N#Cc1ccc(CCc2cccc(OC3CCNCC3)n2)c(F)c1. The number of rotatable bonds is 5. The minimum absolute atomic E-state index is 0.213. The van der Waals surface area contributed by atoms with E-state index in [-0.39, 0.29) is 11.9 Å². The Morgan fingerprint density at radius 1 is 1.21 bits per heavy atom. The largest absolute Gasteiger partial charge is 0.474 e. The Balaban J connectivity index is 1.61. The van der Waals surface area contributed by atoms with E-state index in [4.69, 9.17) is 10.00 Å². The van der Waals surface area contributed by atoms with Gasteiger partial charge in [0.15, 0.2) is 0 Å². The van der Waals surface area contributed by atoms with Crippen molar-refractivity contribution in [3.05, 3.63) is 59.0 Å². The zero-order valence-electron chi connectivity index (χ0n) is 13.5. The number of piperidine rings is 1. The molecule has 2 aromatic rings. The second-order valence-electron chi connectivity index (χ2n) is 5.95. The van der Waals surface area contributed by atoms with E-state index in [2.05, 4.69) is 10.3 Å². The monoisotopic (exact) mass is 325 g/mol. The van der Waals surface area contributed by atoms with E-state index >= 15 is 0 Å². The lowest BCUT2D eigenvalue weighted by Gasteiger charge is -2.23. The van der Waals surface area contributed by atoms with Crippen LogP contribution in [0.1, 0.15) is 29.7 Å². The molecule has 1 N–H and O–H groups in total. The highest BCUT2D eigenvalue weighted by molar-refractivity contribution is 5.33. The number of aromatic nitrogens is 1. The molecule has 24 heavy (non-hydrogen) atoms. The minimum Gasteiger partial charge on any atom is -0.474 e. The molecule has 1 saturated heterocycles. The van der Waals surface area contributed by atoms with Crippen LogP contribution in [0, 0.1) is 17.1 Å². The maximum absolute atomic E-state index is 13.9. The normalized spacial score (nSPS) is 15.0. The van der Waals surface area contributed by atoms with Gasteiger partial charge in [-0.05, 0) is 62.5 Å². The van der Waals surface area contributed by atoms with Gasteiger partial charge in [0.25, 0.3) is 0 Å². The predicted molar refractivity (Wildman–Crippen MR) is 89.3 cm³/mol. The highest BCUT2D eigenvalue weighted by atomic mass is 19.1. The number of pyridine rings is 1. The Morgan fingerprint density at radius 3 is 2.79 bits per heavy atom. The number of nitrogens with zero attached hydrogens (tertiary/aromatic N) is 2. The van der Waals surface area contributed by atoms with Gasteiger partial charge in [-0.1, -0.05) is 12.1 Å². The molecule has 4 nitrogen and oxygen atoms in total. The van der Waals surface area contributed by atoms with Crippen LogP contribution in [0.4, 0.5) is 4.39 Å². The van der Waals surface area contributed by atoms with Crippen LogP contribution in [-0.2, 0) is 12.8 Å². The summed E-state index contributed by atoms with van der Waals surface area (Å²) < 4.78 is 19.9. The number of nitriles is 1. The highest BCUT2D eigenvalue weighted by Crippen LogP contribution is 2.17. The van der Waals surface area contributed by atoms with Gasteiger partial charge in [-0.25, -0.2) is 9.37 Å². The molecular formula is C19H20FN3O. The lowest BCUT2D eigenvalue weighted by molar-refractivity contribution is 0.155. The Labute approximate surface area is 141 Å². The summed E-state index contributed by atoms with van der Waals surface area (Å²) in [5.74, 6) is 0.302. The van der Waals surface area contributed by atoms with Crippen molar-refractivity contribution in [2.45, 2.75) is 31.8 Å². The second kappa shape index (κ2) is 7.89. The molecule has 0 amide bonds. The molecule has 2 heterocycles. The number of ether oxygens (including phenoxy) is 1. The van der Waals surface area contributed by atoms with Crippen LogP contribution < -0.4 is 10.1 Å². The van der Waals surface area contributed by atoms with Crippen molar-refractivity contribution < 1.29 is 9.13 Å². The van der Waals surface area contributed by atoms with Crippen molar-refractivity contribution in [1.82, 2.24) is 10.3 Å². The number of hydrogen-bond donors (Lipinski definition) is 1. The first-order valence-electron chi connectivity index (χ1n) is 8.26. The van der Waals surface area contributed by atoms with Crippen LogP contribution in [-0.4, -0.2) is 24.2 Å². The first kappa shape index (κ1) is 16.4. The molecule has 0 unspecified atom stereocenters. The van der Waals surface area contributed by atoms with Crippen LogP contribution in [0.5, 0.6) is 5.88 Å². The number of halogens is 1. The third-order valence-corrected chi connectivity index (χ3v) is 4.19. The molecule has 1 fully saturated rings. The zero-order valence-corrected chi connectivity index (χ0v) is 13.5. The molecule has 0 bridgehead atoms. The summed E-state index contributed by atoms with van der Waals surface area (Å²) in [6.07, 6.45) is 3.36. The van der Waals surface area contributed by atoms with Crippen LogP contribution in [0.3, 0.4) is 0 Å². The molecule has 124 valence electrons. The van der Waals surface area contributed by atoms with Gasteiger partial charge in [-0.3, -0.25) is 0 Å². The van der Waals surface area contributed by atoms with E-state index in [0.717, 1.165) is 31.6 Å². The summed E-state index contributed by atoms with van der Waals surface area (Å²) in [5, 5.41) is 12.1. The van der Waals surface area contributed by atoms with Gasteiger partial charge in [0.1, 0.15) is 11.9 Å². The van der Waals surface area contributed by atoms with Gasteiger partial charge in [0.2, 0.25) is 5.88 Å². The predicted octanol–water partition coefficient (Wildman–Crippen LogP) is 3.01. The lowest BCUT2D eigenvalue weighted by atomic mass is 10.1. The summed E-state index contributed by atoms with van der Waals surface area (Å²) in [6, 6.07) is 12.3. The minimum atomic E-state index is -0.337. The molecule has 0 aliphatic carbocycles.